The molecule has 0 aliphatic carbocycles. The van der Waals surface area contributed by atoms with E-state index in [1.54, 1.807) is 12.1 Å². The smallest absolute Gasteiger partial charge is 0.242 e. The Morgan fingerprint density at radius 2 is 1.67 bits per heavy atom. The summed E-state index contributed by atoms with van der Waals surface area (Å²) in [7, 11) is -3.90. The number of nitrogens with one attached hydrogen (secondary N) is 2. The van der Waals surface area contributed by atoms with E-state index >= 15 is 0 Å². The van der Waals surface area contributed by atoms with Crippen molar-refractivity contribution in [1.29, 1.82) is 0 Å². The van der Waals surface area contributed by atoms with Crippen LogP contribution in [-0.4, -0.2) is 20.4 Å². The van der Waals surface area contributed by atoms with Crippen LogP contribution in [0.2, 0.25) is 0 Å². The Hall–Kier alpha value is -2.25. The van der Waals surface area contributed by atoms with Gasteiger partial charge in [-0.3, -0.25) is 4.79 Å². The van der Waals surface area contributed by atoms with Gasteiger partial charge in [0.15, 0.2) is 0 Å². The van der Waals surface area contributed by atoms with Gasteiger partial charge in [0.05, 0.1) is 10.9 Å². The van der Waals surface area contributed by atoms with Gasteiger partial charge < -0.3 is 5.32 Å². The average Bonchev–Trinajstić information content (AvgIpc) is 2.55. The topological polar surface area (TPSA) is 75.3 Å². The molecule has 0 heterocycles. The van der Waals surface area contributed by atoms with Crippen molar-refractivity contribution in [2.45, 2.75) is 31.2 Å². The van der Waals surface area contributed by atoms with E-state index in [-0.39, 0.29) is 4.90 Å². The molecule has 2 aromatic carbocycles. The molecule has 0 unspecified atom stereocenters. The van der Waals surface area contributed by atoms with E-state index < -0.39 is 27.8 Å². The second-order valence-electron chi connectivity index (χ2n) is 5.34. The van der Waals surface area contributed by atoms with Gasteiger partial charge in [0, 0.05) is 5.69 Å². The van der Waals surface area contributed by atoms with Crippen LogP contribution in [0.5, 0.6) is 0 Å². The highest BCUT2D eigenvalue weighted by Crippen LogP contribution is 2.12. The van der Waals surface area contributed by atoms with Gasteiger partial charge >= 0.3 is 0 Å². The van der Waals surface area contributed by atoms with Crippen LogP contribution in [0, 0.1) is 5.82 Å². The maximum atomic E-state index is 12.9. The summed E-state index contributed by atoms with van der Waals surface area (Å²) in [6.07, 6.45) is 0.891. The summed E-state index contributed by atoms with van der Waals surface area (Å²) >= 11 is 0. The summed E-state index contributed by atoms with van der Waals surface area (Å²) in [5, 5.41) is 2.65. The highest BCUT2D eigenvalue weighted by Gasteiger charge is 2.22. The SMILES string of the molecule is CCc1ccc(NC(=O)[C@H](C)NS(=O)(=O)c2ccc(F)cc2)cc1. The van der Waals surface area contributed by atoms with Crippen molar-refractivity contribution in [3.63, 3.8) is 0 Å². The highest BCUT2D eigenvalue weighted by atomic mass is 32.2. The van der Waals surface area contributed by atoms with Crippen molar-refractivity contribution in [2.75, 3.05) is 5.32 Å². The Bertz CT molecular complexity index is 803. The first-order valence-corrected chi connectivity index (χ1v) is 8.98. The zero-order chi connectivity index (χ0) is 17.7. The number of carbonyl (C=O) groups excluding carboxylic acids is 1. The van der Waals surface area contributed by atoms with Crippen molar-refractivity contribution in [3.05, 3.63) is 59.9 Å². The molecule has 1 atom stereocenters. The quantitative estimate of drug-likeness (QED) is 0.841. The second-order valence-corrected chi connectivity index (χ2v) is 7.05. The van der Waals surface area contributed by atoms with Crippen LogP contribution in [0.4, 0.5) is 10.1 Å². The van der Waals surface area contributed by atoms with Crippen molar-refractivity contribution in [2.24, 2.45) is 0 Å². The van der Waals surface area contributed by atoms with Crippen LogP contribution in [0.25, 0.3) is 0 Å². The molecule has 2 N–H and O–H groups in total. The zero-order valence-corrected chi connectivity index (χ0v) is 14.2. The number of rotatable bonds is 6. The molecule has 5 nitrogen and oxygen atoms in total. The summed E-state index contributed by atoms with van der Waals surface area (Å²) in [5.41, 5.74) is 1.73. The van der Waals surface area contributed by atoms with Crippen LogP contribution in [-0.2, 0) is 21.2 Å². The second kappa shape index (κ2) is 7.55. The normalized spacial score (nSPS) is 12.6. The molecule has 2 rings (SSSR count). The lowest BCUT2D eigenvalue weighted by Gasteiger charge is -2.14. The summed E-state index contributed by atoms with van der Waals surface area (Å²) in [6.45, 7) is 3.47. The number of hydrogen-bond donors (Lipinski definition) is 2. The first-order valence-electron chi connectivity index (χ1n) is 7.49. The molecule has 7 heteroatoms. The summed E-state index contributed by atoms with van der Waals surface area (Å²) < 4.78 is 39.5. The molecule has 0 bridgehead atoms. The number of sulfonamides is 1. The molecule has 0 aliphatic heterocycles. The minimum Gasteiger partial charge on any atom is -0.325 e. The lowest BCUT2D eigenvalue weighted by atomic mass is 10.1. The van der Waals surface area contributed by atoms with Crippen LogP contribution >= 0.6 is 0 Å². The Balaban J connectivity index is 2.03. The van der Waals surface area contributed by atoms with Crippen molar-refractivity contribution >= 4 is 21.6 Å². The minimum atomic E-state index is -3.90. The van der Waals surface area contributed by atoms with E-state index in [4.69, 9.17) is 0 Å². The predicted octanol–water partition coefficient (Wildman–Crippen LogP) is 2.69. The number of benzene rings is 2. The van der Waals surface area contributed by atoms with E-state index in [1.165, 1.54) is 6.92 Å². The third kappa shape index (κ3) is 4.62. The van der Waals surface area contributed by atoms with Gasteiger partial charge in [0.2, 0.25) is 15.9 Å². The molecule has 0 spiro atoms. The number of halogens is 1. The first-order chi connectivity index (χ1) is 11.3. The van der Waals surface area contributed by atoms with E-state index in [1.807, 2.05) is 19.1 Å². The van der Waals surface area contributed by atoms with Crippen molar-refractivity contribution < 1.29 is 17.6 Å². The minimum absolute atomic E-state index is 0.101. The van der Waals surface area contributed by atoms with E-state index in [0.29, 0.717) is 5.69 Å². The molecule has 128 valence electrons. The maximum absolute atomic E-state index is 12.9. The molecule has 0 fully saturated rings. The zero-order valence-electron chi connectivity index (χ0n) is 13.4. The molecule has 0 saturated carbocycles. The van der Waals surface area contributed by atoms with Gasteiger partial charge in [-0.15, -0.1) is 0 Å². The number of carbonyl (C=O) groups is 1. The third-order valence-corrected chi connectivity index (χ3v) is 5.04. The van der Waals surface area contributed by atoms with E-state index in [2.05, 4.69) is 10.0 Å². The number of anilines is 1. The predicted molar refractivity (Wildman–Crippen MR) is 90.6 cm³/mol. The largest absolute Gasteiger partial charge is 0.325 e. The molecule has 24 heavy (non-hydrogen) atoms. The van der Waals surface area contributed by atoms with Gasteiger partial charge in [-0.05, 0) is 55.3 Å². The third-order valence-electron chi connectivity index (χ3n) is 3.48. The summed E-state index contributed by atoms with van der Waals surface area (Å²) in [5.74, 6) is -1.01. The van der Waals surface area contributed by atoms with Gasteiger partial charge in [-0.25, -0.2) is 12.8 Å². The number of amides is 1. The van der Waals surface area contributed by atoms with Gasteiger partial charge in [0.25, 0.3) is 0 Å². The van der Waals surface area contributed by atoms with Crippen LogP contribution in [0.3, 0.4) is 0 Å². The standard InChI is InChI=1S/C17H19FN2O3S/c1-3-13-4-8-15(9-5-13)19-17(21)12(2)20-24(22,23)16-10-6-14(18)7-11-16/h4-12,20H,3H2,1-2H3,(H,19,21)/t12-/m0/s1. The average molecular weight is 350 g/mol. The van der Waals surface area contributed by atoms with Crippen molar-refractivity contribution in [1.82, 2.24) is 4.72 Å². The number of hydrogen-bond acceptors (Lipinski definition) is 3. The lowest BCUT2D eigenvalue weighted by Crippen LogP contribution is -2.41. The number of aryl methyl sites for hydroxylation is 1. The lowest BCUT2D eigenvalue weighted by molar-refractivity contribution is -0.117. The highest BCUT2D eigenvalue weighted by molar-refractivity contribution is 7.89. The Morgan fingerprint density at radius 3 is 2.21 bits per heavy atom. The maximum Gasteiger partial charge on any atom is 0.242 e. The molecule has 1 amide bonds. The van der Waals surface area contributed by atoms with Gasteiger partial charge in [-0.2, -0.15) is 4.72 Å². The molecular formula is C17H19FN2O3S. The Kier molecular flexibility index (Phi) is 5.69. The fourth-order valence-electron chi connectivity index (χ4n) is 2.04. The van der Waals surface area contributed by atoms with Crippen LogP contribution in [0.1, 0.15) is 19.4 Å². The molecular weight excluding hydrogens is 331 g/mol. The summed E-state index contributed by atoms with van der Waals surface area (Å²) in [4.78, 5) is 12.0. The van der Waals surface area contributed by atoms with Crippen LogP contribution in [0.15, 0.2) is 53.4 Å². The van der Waals surface area contributed by atoms with Crippen molar-refractivity contribution in [3.8, 4) is 0 Å². The van der Waals surface area contributed by atoms with E-state index in [0.717, 1.165) is 36.2 Å². The first kappa shape index (κ1) is 18.1. The Labute approximate surface area is 141 Å². The molecule has 0 saturated heterocycles. The Morgan fingerprint density at radius 1 is 1.08 bits per heavy atom. The molecule has 0 radical (unpaired) electrons. The molecule has 0 aliphatic rings. The fourth-order valence-corrected chi connectivity index (χ4v) is 3.25. The fraction of sp³-hybridized carbons (Fsp3) is 0.235. The molecule has 0 aromatic heterocycles. The van der Waals surface area contributed by atoms with Crippen LogP contribution < -0.4 is 10.0 Å². The van der Waals surface area contributed by atoms with Gasteiger partial charge in [0.1, 0.15) is 5.82 Å². The van der Waals surface area contributed by atoms with E-state index in [9.17, 15) is 17.6 Å². The molecule has 2 aromatic rings. The van der Waals surface area contributed by atoms with Gasteiger partial charge in [-0.1, -0.05) is 19.1 Å². The summed E-state index contributed by atoms with van der Waals surface area (Å²) in [6, 6.07) is 10.7. The monoisotopic (exact) mass is 350 g/mol.